The smallest absolute Gasteiger partial charge is 0.220 e. The Morgan fingerprint density at radius 2 is 2.11 bits per heavy atom. The quantitative estimate of drug-likeness (QED) is 0.579. The van der Waals surface area contributed by atoms with Gasteiger partial charge in [0, 0.05) is 13.0 Å². The Morgan fingerprint density at radius 3 is 2.83 bits per heavy atom. The Hall–Kier alpha value is -0.830. The van der Waals surface area contributed by atoms with E-state index in [-0.39, 0.29) is 5.91 Å². The number of nitrogens with zero attached hydrogens (tertiary/aromatic N) is 1. The van der Waals surface area contributed by atoms with Crippen LogP contribution in [0.1, 0.15) is 44.9 Å². The Morgan fingerprint density at radius 1 is 1.28 bits per heavy atom. The lowest BCUT2D eigenvalue weighted by Gasteiger charge is -2.26. The fourth-order valence-electron chi connectivity index (χ4n) is 2.89. The molecule has 0 spiro atoms. The topological polar surface area (TPSA) is 32.3 Å². The summed E-state index contributed by atoms with van der Waals surface area (Å²) in [5.41, 5.74) is 0. The largest absolute Gasteiger partial charge is 0.356 e. The van der Waals surface area contributed by atoms with Gasteiger partial charge in [-0.25, -0.2) is 0 Å². The lowest BCUT2D eigenvalue weighted by Crippen LogP contribution is -2.33. The van der Waals surface area contributed by atoms with E-state index in [1.54, 1.807) is 0 Å². The van der Waals surface area contributed by atoms with E-state index in [2.05, 4.69) is 22.4 Å². The van der Waals surface area contributed by atoms with Crippen LogP contribution in [0.4, 0.5) is 0 Å². The van der Waals surface area contributed by atoms with Crippen LogP contribution in [0.15, 0.2) is 12.2 Å². The minimum atomic E-state index is 0.227. The van der Waals surface area contributed by atoms with Gasteiger partial charge in [0.25, 0.3) is 0 Å². The average Bonchev–Trinajstić information content (AvgIpc) is 2.89. The van der Waals surface area contributed by atoms with Gasteiger partial charge in [0.1, 0.15) is 0 Å². The summed E-state index contributed by atoms with van der Waals surface area (Å²) in [5.74, 6) is 0.720. The molecule has 3 heteroatoms. The second kappa shape index (κ2) is 7.57. The van der Waals surface area contributed by atoms with Crippen molar-refractivity contribution < 1.29 is 4.79 Å². The zero-order valence-electron chi connectivity index (χ0n) is 11.4. The molecule has 1 N–H and O–H groups in total. The van der Waals surface area contributed by atoms with Crippen molar-refractivity contribution in [2.45, 2.75) is 44.9 Å². The van der Waals surface area contributed by atoms with Crippen LogP contribution >= 0.6 is 0 Å². The molecule has 0 saturated carbocycles. The molecule has 0 radical (unpaired) electrons. The Kier molecular flexibility index (Phi) is 5.72. The summed E-state index contributed by atoms with van der Waals surface area (Å²) in [6.07, 6.45) is 12.5. The molecule has 0 bridgehead atoms. The molecular formula is C15H26N2O. The number of hydrogen-bond donors (Lipinski definition) is 1. The van der Waals surface area contributed by atoms with Crippen LogP contribution in [0.25, 0.3) is 0 Å². The molecule has 1 aliphatic carbocycles. The Bertz CT molecular complexity index is 282. The maximum Gasteiger partial charge on any atom is 0.220 e. The molecule has 0 aromatic carbocycles. The summed E-state index contributed by atoms with van der Waals surface area (Å²) in [6.45, 7) is 4.48. The first-order valence-corrected chi connectivity index (χ1v) is 7.50. The molecule has 0 aromatic rings. The minimum Gasteiger partial charge on any atom is -0.356 e. The van der Waals surface area contributed by atoms with Gasteiger partial charge in [0.05, 0.1) is 0 Å². The van der Waals surface area contributed by atoms with Gasteiger partial charge in [0.2, 0.25) is 5.91 Å². The van der Waals surface area contributed by atoms with Crippen LogP contribution in [0, 0.1) is 5.92 Å². The van der Waals surface area contributed by atoms with Crippen molar-refractivity contribution in [2.75, 3.05) is 26.2 Å². The third kappa shape index (κ3) is 4.81. The molecular weight excluding hydrogens is 224 g/mol. The second-order valence-electron chi connectivity index (χ2n) is 5.58. The molecule has 1 saturated heterocycles. The summed E-state index contributed by atoms with van der Waals surface area (Å²) >= 11 is 0. The summed E-state index contributed by atoms with van der Waals surface area (Å²) in [7, 11) is 0. The maximum atomic E-state index is 11.7. The number of rotatable bonds is 6. The summed E-state index contributed by atoms with van der Waals surface area (Å²) in [6, 6.07) is 0. The van der Waals surface area contributed by atoms with E-state index >= 15 is 0 Å². The summed E-state index contributed by atoms with van der Waals surface area (Å²) in [5, 5.41) is 3.05. The normalized spacial score (nSPS) is 24.3. The predicted molar refractivity (Wildman–Crippen MR) is 74.4 cm³/mol. The molecule has 1 heterocycles. The van der Waals surface area contributed by atoms with Crippen molar-refractivity contribution in [3.05, 3.63) is 12.2 Å². The zero-order chi connectivity index (χ0) is 12.6. The van der Waals surface area contributed by atoms with E-state index in [1.165, 1.54) is 32.4 Å². The van der Waals surface area contributed by atoms with Crippen molar-refractivity contribution in [3.8, 4) is 0 Å². The third-order valence-corrected chi connectivity index (χ3v) is 3.98. The van der Waals surface area contributed by atoms with E-state index in [0.717, 1.165) is 32.4 Å². The first-order chi connectivity index (χ1) is 8.84. The summed E-state index contributed by atoms with van der Waals surface area (Å²) in [4.78, 5) is 14.2. The van der Waals surface area contributed by atoms with Crippen LogP contribution in [-0.2, 0) is 4.79 Å². The highest BCUT2D eigenvalue weighted by Crippen LogP contribution is 2.19. The lowest BCUT2D eigenvalue weighted by molar-refractivity contribution is -0.121. The van der Waals surface area contributed by atoms with Crippen molar-refractivity contribution in [3.63, 3.8) is 0 Å². The van der Waals surface area contributed by atoms with Crippen LogP contribution in [-0.4, -0.2) is 37.0 Å². The van der Waals surface area contributed by atoms with Gasteiger partial charge in [-0.05, 0) is 57.7 Å². The molecule has 1 unspecified atom stereocenters. The highest BCUT2D eigenvalue weighted by atomic mass is 16.1. The van der Waals surface area contributed by atoms with Gasteiger partial charge in [-0.3, -0.25) is 4.79 Å². The van der Waals surface area contributed by atoms with Gasteiger partial charge in [0.15, 0.2) is 0 Å². The molecule has 1 amide bonds. The summed E-state index contributed by atoms with van der Waals surface area (Å²) < 4.78 is 0. The van der Waals surface area contributed by atoms with Crippen LogP contribution in [0.3, 0.4) is 0 Å². The number of carbonyl (C=O) groups is 1. The van der Waals surface area contributed by atoms with E-state index in [9.17, 15) is 4.79 Å². The minimum absolute atomic E-state index is 0.227. The molecule has 0 aromatic heterocycles. The molecule has 18 heavy (non-hydrogen) atoms. The molecule has 1 aliphatic heterocycles. The van der Waals surface area contributed by atoms with Crippen LogP contribution in [0.2, 0.25) is 0 Å². The molecule has 3 nitrogen and oxygen atoms in total. The van der Waals surface area contributed by atoms with Crippen molar-refractivity contribution in [1.29, 1.82) is 0 Å². The number of hydrogen-bond acceptors (Lipinski definition) is 2. The highest BCUT2D eigenvalue weighted by molar-refractivity contribution is 5.76. The predicted octanol–water partition coefficient (Wildman–Crippen LogP) is 2.33. The van der Waals surface area contributed by atoms with E-state index < -0.39 is 0 Å². The van der Waals surface area contributed by atoms with Crippen LogP contribution < -0.4 is 5.32 Å². The van der Waals surface area contributed by atoms with Crippen LogP contribution in [0.5, 0.6) is 0 Å². The number of allylic oxidation sites excluding steroid dienone is 2. The third-order valence-electron chi connectivity index (χ3n) is 3.98. The first-order valence-electron chi connectivity index (χ1n) is 7.50. The van der Waals surface area contributed by atoms with E-state index in [4.69, 9.17) is 0 Å². The molecule has 1 atom stereocenters. The SMILES string of the molecule is O=C(CC1C=CCC1)NCCCN1CCCCC1. The second-order valence-corrected chi connectivity index (χ2v) is 5.58. The van der Waals surface area contributed by atoms with Gasteiger partial charge < -0.3 is 10.2 Å². The zero-order valence-corrected chi connectivity index (χ0v) is 11.4. The molecule has 2 rings (SSSR count). The van der Waals surface area contributed by atoms with Gasteiger partial charge in [-0.15, -0.1) is 0 Å². The number of likely N-dealkylation sites (tertiary alicyclic amines) is 1. The number of nitrogens with one attached hydrogen (secondary N) is 1. The molecule has 1 fully saturated rings. The Balaban J connectivity index is 1.49. The number of piperidine rings is 1. The lowest BCUT2D eigenvalue weighted by atomic mass is 10.1. The highest BCUT2D eigenvalue weighted by Gasteiger charge is 2.13. The fourth-order valence-corrected chi connectivity index (χ4v) is 2.89. The average molecular weight is 250 g/mol. The number of carbonyl (C=O) groups excluding carboxylic acids is 1. The van der Waals surface area contributed by atoms with Crippen molar-refractivity contribution >= 4 is 5.91 Å². The number of amides is 1. The van der Waals surface area contributed by atoms with Gasteiger partial charge in [-0.2, -0.15) is 0 Å². The van der Waals surface area contributed by atoms with E-state index in [1.807, 2.05) is 0 Å². The van der Waals surface area contributed by atoms with E-state index in [0.29, 0.717) is 12.3 Å². The fraction of sp³-hybridized carbons (Fsp3) is 0.800. The van der Waals surface area contributed by atoms with Crippen molar-refractivity contribution in [1.82, 2.24) is 10.2 Å². The maximum absolute atomic E-state index is 11.7. The Labute approximate surface area is 111 Å². The first kappa shape index (κ1) is 13.6. The van der Waals surface area contributed by atoms with Gasteiger partial charge >= 0.3 is 0 Å². The monoisotopic (exact) mass is 250 g/mol. The standard InChI is InChI=1S/C15H26N2O/c18-15(13-14-7-2-3-8-14)16-9-6-12-17-10-4-1-5-11-17/h2,7,14H,1,3-6,8-13H2,(H,16,18). The molecule has 2 aliphatic rings. The van der Waals surface area contributed by atoms with Gasteiger partial charge in [-0.1, -0.05) is 18.6 Å². The molecule has 102 valence electrons. The van der Waals surface area contributed by atoms with Crippen molar-refractivity contribution in [2.24, 2.45) is 5.92 Å².